The van der Waals surface area contributed by atoms with Crippen LogP contribution < -0.4 is 0 Å². The summed E-state index contributed by atoms with van der Waals surface area (Å²) in [5.74, 6) is 0. The van der Waals surface area contributed by atoms with Gasteiger partial charge in [-0.25, -0.2) is 0 Å². The van der Waals surface area contributed by atoms with E-state index in [2.05, 4.69) is 38.2 Å². The molecule has 0 amide bonds. The highest BCUT2D eigenvalue weighted by molar-refractivity contribution is 5.39. The van der Waals surface area contributed by atoms with Crippen molar-refractivity contribution in [3.8, 4) is 0 Å². The highest BCUT2D eigenvalue weighted by Crippen LogP contribution is 2.20. The van der Waals surface area contributed by atoms with E-state index in [-0.39, 0.29) is 0 Å². The summed E-state index contributed by atoms with van der Waals surface area (Å²) in [4.78, 5) is 0. The zero-order valence-corrected chi connectivity index (χ0v) is 6.02. The van der Waals surface area contributed by atoms with Crippen LogP contribution in [0.4, 0.5) is 0 Å². The summed E-state index contributed by atoms with van der Waals surface area (Å²) < 4.78 is 0. The van der Waals surface area contributed by atoms with Crippen LogP contribution in [0.5, 0.6) is 0 Å². The van der Waals surface area contributed by atoms with Crippen molar-refractivity contribution in [2.45, 2.75) is 20.3 Å². The minimum absolute atomic E-state index is 1.13. The lowest BCUT2D eigenvalue weighted by Gasteiger charge is -1.89. The van der Waals surface area contributed by atoms with Gasteiger partial charge in [0.05, 0.1) is 0 Å². The molecule has 0 aromatic heterocycles. The summed E-state index contributed by atoms with van der Waals surface area (Å²) in [5.41, 5.74) is 2.87. The fourth-order valence-corrected chi connectivity index (χ4v) is 0.964. The Morgan fingerprint density at radius 1 is 1.11 bits per heavy atom. The van der Waals surface area contributed by atoms with Gasteiger partial charge in [0.15, 0.2) is 0 Å². The topological polar surface area (TPSA) is 0 Å². The molecule has 0 heterocycles. The van der Waals surface area contributed by atoms with Gasteiger partial charge in [-0.15, -0.1) is 0 Å². The van der Waals surface area contributed by atoms with Crippen molar-refractivity contribution in [1.82, 2.24) is 0 Å². The molecular weight excluding hydrogens is 108 g/mol. The molecule has 0 atom stereocenters. The Morgan fingerprint density at radius 3 is 1.78 bits per heavy atom. The molecule has 1 aliphatic carbocycles. The van der Waals surface area contributed by atoms with Crippen molar-refractivity contribution in [3.63, 3.8) is 0 Å². The number of rotatable bonds is 0. The first kappa shape index (κ1) is 6.34. The monoisotopic (exact) mass is 120 g/mol. The SMILES string of the molecule is C/C=C1C=C/C(=C\C)C\1. The zero-order chi connectivity index (χ0) is 6.69. The standard InChI is InChI=1S/C9H12/c1-3-8-5-6-9(4-2)7-8/h3-6H,7H2,1-2H3/b8-3+,9-4+. The Hall–Kier alpha value is -0.780. The second kappa shape index (κ2) is 2.67. The second-order valence-corrected chi connectivity index (χ2v) is 2.24. The van der Waals surface area contributed by atoms with Crippen LogP contribution in [-0.4, -0.2) is 0 Å². The molecule has 0 saturated heterocycles. The minimum atomic E-state index is 1.13. The van der Waals surface area contributed by atoms with Crippen molar-refractivity contribution in [1.29, 1.82) is 0 Å². The smallest absolute Gasteiger partial charge is 0.00323 e. The molecule has 0 bridgehead atoms. The fourth-order valence-electron chi connectivity index (χ4n) is 0.964. The van der Waals surface area contributed by atoms with Crippen molar-refractivity contribution < 1.29 is 0 Å². The van der Waals surface area contributed by atoms with Gasteiger partial charge >= 0.3 is 0 Å². The Morgan fingerprint density at radius 2 is 1.56 bits per heavy atom. The van der Waals surface area contributed by atoms with Crippen LogP contribution >= 0.6 is 0 Å². The largest absolute Gasteiger partial charge is 0.0841 e. The van der Waals surface area contributed by atoms with E-state index in [1.165, 1.54) is 11.1 Å². The van der Waals surface area contributed by atoms with E-state index in [1.807, 2.05) is 0 Å². The third kappa shape index (κ3) is 1.32. The van der Waals surface area contributed by atoms with E-state index >= 15 is 0 Å². The lowest BCUT2D eigenvalue weighted by Crippen LogP contribution is -1.70. The van der Waals surface area contributed by atoms with Gasteiger partial charge in [-0.05, 0) is 31.4 Å². The summed E-state index contributed by atoms with van der Waals surface area (Å²) in [6.45, 7) is 4.16. The third-order valence-corrected chi connectivity index (χ3v) is 1.66. The molecule has 0 unspecified atom stereocenters. The van der Waals surface area contributed by atoms with Crippen LogP contribution in [0.1, 0.15) is 20.3 Å². The zero-order valence-electron chi connectivity index (χ0n) is 6.02. The Bertz CT molecular complexity index is 160. The Labute approximate surface area is 56.6 Å². The normalized spacial score (nSPS) is 26.4. The van der Waals surface area contributed by atoms with Gasteiger partial charge < -0.3 is 0 Å². The van der Waals surface area contributed by atoms with Crippen molar-refractivity contribution in [2.24, 2.45) is 0 Å². The molecule has 1 aliphatic rings. The number of hydrogen-bond donors (Lipinski definition) is 0. The first-order chi connectivity index (χ1) is 4.36. The Balaban J connectivity index is 2.71. The van der Waals surface area contributed by atoms with Crippen LogP contribution in [0, 0.1) is 0 Å². The molecule has 0 radical (unpaired) electrons. The molecule has 0 aromatic carbocycles. The maximum Gasteiger partial charge on any atom is -0.00323 e. The predicted octanol–water partition coefficient (Wildman–Crippen LogP) is 2.84. The lowest BCUT2D eigenvalue weighted by atomic mass is 10.2. The number of hydrogen-bond acceptors (Lipinski definition) is 0. The fraction of sp³-hybridized carbons (Fsp3) is 0.333. The summed E-state index contributed by atoms with van der Waals surface area (Å²) >= 11 is 0. The van der Waals surface area contributed by atoms with Gasteiger partial charge in [0.2, 0.25) is 0 Å². The molecule has 9 heavy (non-hydrogen) atoms. The summed E-state index contributed by atoms with van der Waals surface area (Å²) in [7, 11) is 0. The first-order valence-corrected chi connectivity index (χ1v) is 3.35. The van der Waals surface area contributed by atoms with Crippen molar-refractivity contribution in [2.75, 3.05) is 0 Å². The molecule has 0 spiro atoms. The van der Waals surface area contributed by atoms with E-state index in [0.29, 0.717) is 0 Å². The second-order valence-electron chi connectivity index (χ2n) is 2.24. The van der Waals surface area contributed by atoms with E-state index < -0.39 is 0 Å². The Kier molecular flexibility index (Phi) is 1.88. The average Bonchev–Trinajstić information content (AvgIpc) is 2.34. The molecule has 0 saturated carbocycles. The third-order valence-electron chi connectivity index (χ3n) is 1.66. The van der Waals surface area contributed by atoms with Crippen molar-refractivity contribution in [3.05, 3.63) is 35.5 Å². The van der Waals surface area contributed by atoms with E-state index in [0.717, 1.165) is 6.42 Å². The van der Waals surface area contributed by atoms with Crippen LogP contribution in [0.3, 0.4) is 0 Å². The van der Waals surface area contributed by atoms with Gasteiger partial charge in [-0.1, -0.05) is 24.3 Å². The van der Waals surface area contributed by atoms with Crippen LogP contribution in [0.15, 0.2) is 35.5 Å². The minimum Gasteiger partial charge on any atom is -0.0841 e. The molecule has 0 heteroatoms. The molecule has 1 rings (SSSR count). The summed E-state index contributed by atoms with van der Waals surface area (Å²) in [6, 6.07) is 0. The molecular formula is C9H12. The van der Waals surface area contributed by atoms with Gasteiger partial charge in [0.25, 0.3) is 0 Å². The van der Waals surface area contributed by atoms with Crippen LogP contribution in [0.25, 0.3) is 0 Å². The quantitative estimate of drug-likeness (QED) is 0.461. The van der Waals surface area contributed by atoms with Crippen molar-refractivity contribution >= 4 is 0 Å². The van der Waals surface area contributed by atoms with Crippen LogP contribution in [-0.2, 0) is 0 Å². The molecule has 48 valence electrons. The lowest BCUT2D eigenvalue weighted by molar-refractivity contribution is 1.25. The summed E-state index contributed by atoms with van der Waals surface area (Å²) in [5, 5.41) is 0. The highest BCUT2D eigenvalue weighted by atomic mass is 14.1. The molecule has 0 aromatic rings. The first-order valence-electron chi connectivity index (χ1n) is 3.35. The molecule has 0 nitrogen and oxygen atoms in total. The van der Waals surface area contributed by atoms with E-state index in [4.69, 9.17) is 0 Å². The molecule has 0 aliphatic heterocycles. The molecule has 0 fully saturated rings. The predicted molar refractivity (Wildman–Crippen MR) is 41.3 cm³/mol. The van der Waals surface area contributed by atoms with Gasteiger partial charge in [-0.3, -0.25) is 0 Å². The van der Waals surface area contributed by atoms with E-state index in [1.54, 1.807) is 0 Å². The van der Waals surface area contributed by atoms with E-state index in [9.17, 15) is 0 Å². The maximum absolute atomic E-state index is 2.18. The molecule has 0 N–H and O–H groups in total. The maximum atomic E-state index is 2.18. The van der Waals surface area contributed by atoms with Crippen LogP contribution in [0.2, 0.25) is 0 Å². The van der Waals surface area contributed by atoms with Gasteiger partial charge in [0, 0.05) is 0 Å². The van der Waals surface area contributed by atoms with Gasteiger partial charge in [0.1, 0.15) is 0 Å². The summed E-state index contributed by atoms with van der Waals surface area (Å²) in [6.07, 6.45) is 9.80. The number of allylic oxidation sites excluding steroid dienone is 6. The average molecular weight is 120 g/mol. The highest BCUT2D eigenvalue weighted by Gasteiger charge is 2.01. The van der Waals surface area contributed by atoms with Gasteiger partial charge in [-0.2, -0.15) is 0 Å².